The van der Waals surface area contributed by atoms with E-state index in [0.717, 1.165) is 23.1 Å². The summed E-state index contributed by atoms with van der Waals surface area (Å²) < 4.78 is 14.2. The predicted octanol–water partition coefficient (Wildman–Crippen LogP) is 3.93. The first-order chi connectivity index (χ1) is 13.3. The first-order valence-electron chi connectivity index (χ1n) is 9.70. The van der Waals surface area contributed by atoms with E-state index in [-0.39, 0.29) is 30.6 Å². The SMILES string of the molecule is CCCNC(=O)C(C)N(Cc1ccccc1F)C(=O)Cc1cc(C)ccc1C. The number of amides is 2. The summed E-state index contributed by atoms with van der Waals surface area (Å²) in [7, 11) is 0. The van der Waals surface area contributed by atoms with Crippen LogP contribution < -0.4 is 5.32 Å². The van der Waals surface area contributed by atoms with Gasteiger partial charge in [-0.25, -0.2) is 4.39 Å². The molecule has 5 heteroatoms. The summed E-state index contributed by atoms with van der Waals surface area (Å²) >= 11 is 0. The van der Waals surface area contributed by atoms with E-state index in [1.165, 1.54) is 11.0 Å². The Morgan fingerprint density at radius 2 is 1.82 bits per heavy atom. The van der Waals surface area contributed by atoms with Crippen LogP contribution in [0.5, 0.6) is 0 Å². The van der Waals surface area contributed by atoms with Crippen LogP contribution in [0.25, 0.3) is 0 Å². The van der Waals surface area contributed by atoms with E-state index in [9.17, 15) is 14.0 Å². The maximum absolute atomic E-state index is 14.2. The summed E-state index contributed by atoms with van der Waals surface area (Å²) in [5, 5.41) is 2.83. The largest absolute Gasteiger partial charge is 0.354 e. The lowest BCUT2D eigenvalue weighted by Gasteiger charge is -2.29. The summed E-state index contributed by atoms with van der Waals surface area (Å²) in [5.41, 5.74) is 3.41. The molecule has 0 saturated heterocycles. The van der Waals surface area contributed by atoms with Crippen molar-refractivity contribution in [2.75, 3.05) is 6.54 Å². The van der Waals surface area contributed by atoms with Crippen molar-refractivity contribution < 1.29 is 14.0 Å². The van der Waals surface area contributed by atoms with E-state index in [2.05, 4.69) is 5.32 Å². The van der Waals surface area contributed by atoms with Crippen molar-refractivity contribution in [2.24, 2.45) is 0 Å². The molecule has 1 N–H and O–H groups in total. The average Bonchev–Trinajstić information content (AvgIpc) is 2.67. The maximum atomic E-state index is 14.2. The van der Waals surface area contributed by atoms with Crippen LogP contribution in [0, 0.1) is 19.7 Å². The van der Waals surface area contributed by atoms with Gasteiger partial charge in [0.05, 0.1) is 6.42 Å². The number of hydrogen-bond donors (Lipinski definition) is 1. The number of halogens is 1. The van der Waals surface area contributed by atoms with Crippen molar-refractivity contribution in [3.05, 3.63) is 70.5 Å². The summed E-state index contributed by atoms with van der Waals surface area (Å²) in [6.45, 7) is 8.19. The molecule has 0 aliphatic rings. The van der Waals surface area contributed by atoms with E-state index in [1.54, 1.807) is 25.1 Å². The molecule has 0 fully saturated rings. The molecule has 2 amide bonds. The Hall–Kier alpha value is -2.69. The maximum Gasteiger partial charge on any atom is 0.242 e. The molecule has 1 unspecified atom stereocenters. The Morgan fingerprint density at radius 1 is 1.11 bits per heavy atom. The topological polar surface area (TPSA) is 49.4 Å². The molecule has 0 aromatic heterocycles. The van der Waals surface area contributed by atoms with Crippen LogP contribution in [0.15, 0.2) is 42.5 Å². The van der Waals surface area contributed by atoms with Crippen LogP contribution in [0.1, 0.15) is 42.5 Å². The van der Waals surface area contributed by atoms with Crippen LogP contribution in [0.2, 0.25) is 0 Å². The van der Waals surface area contributed by atoms with Gasteiger partial charge in [0.15, 0.2) is 0 Å². The van der Waals surface area contributed by atoms with Gasteiger partial charge in [-0.15, -0.1) is 0 Å². The second kappa shape index (κ2) is 10.0. The minimum absolute atomic E-state index is 0.0527. The fraction of sp³-hybridized carbons (Fsp3) is 0.391. The van der Waals surface area contributed by atoms with Crippen LogP contribution in [-0.2, 0) is 22.6 Å². The van der Waals surface area contributed by atoms with Gasteiger partial charge in [-0.3, -0.25) is 9.59 Å². The number of carbonyl (C=O) groups is 2. The van der Waals surface area contributed by atoms with Crippen LogP contribution in [0.3, 0.4) is 0 Å². The summed E-state index contributed by atoms with van der Waals surface area (Å²) in [6.07, 6.45) is 0.982. The molecular weight excluding hydrogens is 355 g/mol. The molecule has 4 nitrogen and oxygen atoms in total. The third-order valence-electron chi connectivity index (χ3n) is 4.86. The number of hydrogen-bond acceptors (Lipinski definition) is 2. The van der Waals surface area contributed by atoms with Crippen LogP contribution in [-0.4, -0.2) is 29.3 Å². The van der Waals surface area contributed by atoms with Crippen molar-refractivity contribution in [1.82, 2.24) is 10.2 Å². The molecule has 2 aromatic rings. The summed E-state index contributed by atoms with van der Waals surface area (Å²) in [5.74, 6) is -0.809. The Balaban J connectivity index is 2.28. The van der Waals surface area contributed by atoms with Gasteiger partial charge in [0, 0.05) is 18.7 Å². The van der Waals surface area contributed by atoms with Gasteiger partial charge >= 0.3 is 0 Å². The van der Waals surface area contributed by atoms with Crippen molar-refractivity contribution in [3.63, 3.8) is 0 Å². The predicted molar refractivity (Wildman–Crippen MR) is 109 cm³/mol. The Kier molecular flexibility index (Phi) is 7.73. The van der Waals surface area contributed by atoms with Crippen molar-refractivity contribution >= 4 is 11.8 Å². The van der Waals surface area contributed by atoms with E-state index in [0.29, 0.717) is 12.1 Å². The van der Waals surface area contributed by atoms with Crippen LogP contribution in [0.4, 0.5) is 4.39 Å². The number of nitrogens with one attached hydrogen (secondary N) is 1. The third kappa shape index (κ3) is 5.65. The molecule has 0 saturated carbocycles. The lowest BCUT2D eigenvalue weighted by Crippen LogP contribution is -2.48. The molecular formula is C23H29FN2O2. The van der Waals surface area contributed by atoms with Crippen molar-refractivity contribution in [1.29, 1.82) is 0 Å². The Labute approximate surface area is 166 Å². The second-order valence-electron chi connectivity index (χ2n) is 7.19. The minimum atomic E-state index is -0.691. The third-order valence-corrected chi connectivity index (χ3v) is 4.86. The second-order valence-corrected chi connectivity index (χ2v) is 7.19. The van der Waals surface area contributed by atoms with Gasteiger partial charge in [0.2, 0.25) is 11.8 Å². The minimum Gasteiger partial charge on any atom is -0.354 e. The normalized spacial score (nSPS) is 11.8. The Morgan fingerprint density at radius 3 is 2.50 bits per heavy atom. The monoisotopic (exact) mass is 384 g/mol. The zero-order chi connectivity index (χ0) is 20.7. The van der Waals surface area contributed by atoms with Crippen molar-refractivity contribution in [2.45, 2.75) is 53.1 Å². The molecule has 0 bridgehead atoms. The van der Waals surface area contributed by atoms with Gasteiger partial charge in [-0.1, -0.05) is 48.9 Å². The molecule has 2 aromatic carbocycles. The number of nitrogens with zero attached hydrogens (tertiary/aromatic N) is 1. The van der Waals surface area contributed by atoms with E-state index >= 15 is 0 Å². The molecule has 150 valence electrons. The molecule has 0 spiro atoms. The van der Waals surface area contributed by atoms with Gasteiger partial charge in [-0.05, 0) is 44.4 Å². The lowest BCUT2D eigenvalue weighted by molar-refractivity contribution is -0.140. The zero-order valence-corrected chi connectivity index (χ0v) is 17.1. The summed E-state index contributed by atoms with van der Waals surface area (Å²) in [4.78, 5) is 27.1. The van der Waals surface area contributed by atoms with Gasteiger partial charge in [0.1, 0.15) is 11.9 Å². The van der Waals surface area contributed by atoms with E-state index < -0.39 is 6.04 Å². The van der Waals surface area contributed by atoms with Gasteiger partial charge < -0.3 is 10.2 Å². The molecule has 0 heterocycles. The quantitative estimate of drug-likeness (QED) is 0.750. The molecule has 28 heavy (non-hydrogen) atoms. The number of carbonyl (C=O) groups excluding carboxylic acids is 2. The lowest BCUT2D eigenvalue weighted by atomic mass is 10.0. The van der Waals surface area contributed by atoms with E-state index in [4.69, 9.17) is 0 Å². The van der Waals surface area contributed by atoms with Gasteiger partial charge in [-0.2, -0.15) is 0 Å². The highest BCUT2D eigenvalue weighted by Crippen LogP contribution is 2.17. The van der Waals surface area contributed by atoms with E-state index in [1.807, 2.05) is 39.0 Å². The number of rotatable bonds is 8. The summed E-state index contributed by atoms with van der Waals surface area (Å²) in [6, 6.07) is 11.6. The Bertz CT molecular complexity index is 835. The molecule has 2 rings (SSSR count). The van der Waals surface area contributed by atoms with Crippen molar-refractivity contribution in [3.8, 4) is 0 Å². The average molecular weight is 384 g/mol. The zero-order valence-electron chi connectivity index (χ0n) is 17.1. The highest BCUT2D eigenvalue weighted by atomic mass is 19.1. The number of benzene rings is 2. The van der Waals surface area contributed by atoms with Gasteiger partial charge in [0.25, 0.3) is 0 Å². The first kappa shape index (κ1) is 21.6. The molecule has 0 aliphatic carbocycles. The molecule has 1 atom stereocenters. The number of aryl methyl sites for hydroxylation is 2. The smallest absolute Gasteiger partial charge is 0.242 e. The molecule has 0 aliphatic heterocycles. The highest BCUT2D eigenvalue weighted by Gasteiger charge is 2.27. The standard InChI is InChI=1S/C23H29FN2O2/c1-5-12-25-23(28)18(4)26(15-19-8-6-7-9-21(19)24)22(27)14-20-13-16(2)10-11-17(20)3/h6-11,13,18H,5,12,14-15H2,1-4H3,(H,25,28). The van der Waals surface area contributed by atoms with Crippen LogP contribution >= 0.6 is 0 Å². The highest BCUT2D eigenvalue weighted by molar-refractivity contribution is 5.88. The fourth-order valence-electron chi connectivity index (χ4n) is 3.04. The fourth-order valence-corrected chi connectivity index (χ4v) is 3.04. The molecule has 0 radical (unpaired) electrons. The first-order valence-corrected chi connectivity index (χ1v) is 9.70.